The molecule has 0 spiro atoms. The van der Waals surface area contributed by atoms with E-state index in [9.17, 15) is 104 Å². The van der Waals surface area contributed by atoms with Gasteiger partial charge in [-0.3, -0.25) is 80.9 Å². The Morgan fingerprint density at radius 1 is 0.297 bits per heavy atom. The maximum Gasteiger partial charge on any atom is 0.416 e. The van der Waals surface area contributed by atoms with Crippen LogP contribution in [0.2, 0.25) is 5.02 Å². The first-order valence-electron chi connectivity index (χ1n) is 27.7. The van der Waals surface area contributed by atoms with Gasteiger partial charge in [0.25, 0.3) is 0 Å². The minimum absolute atomic E-state index is 0.215. The Kier molecular flexibility index (Phi) is 30.4. The van der Waals surface area contributed by atoms with Gasteiger partial charge in [0, 0.05) is 53.1 Å². The van der Waals surface area contributed by atoms with Crippen LogP contribution in [0.4, 0.5) is 58.7 Å². The summed E-state index contributed by atoms with van der Waals surface area (Å²) in [7, 11) is 0. The molecular formula is C65H54ClF3N8O24. The second kappa shape index (κ2) is 37.8. The molecular weight excluding hydrogens is 1370 g/mol. The number of aryl methyl sites for hydroxylation is 4. The fourth-order valence-corrected chi connectivity index (χ4v) is 7.86. The normalized spacial score (nSPS) is 9.94. The van der Waals surface area contributed by atoms with Crippen molar-refractivity contribution >= 4 is 57.1 Å². The molecule has 0 atom stereocenters. The Bertz CT molecular complexity index is 4540. The average Bonchev–Trinajstić information content (AvgIpc) is 0.846. The molecule has 0 aliphatic rings. The molecule has 10 aromatic rings. The van der Waals surface area contributed by atoms with Crippen molar-refractivity contribution in [2.75, 3.05) is 0 Å². The van der Waals surface area contributed by atoms with E-state index in [0.29, 0.717) is 28.8 Å². The fraction of sp³-hybridized carbons (Fsp3) is 0.0769. The molecule has 0 aliphatic heterocycles. The van der Waals surface area contributed by atoms with Gasteiger partial charge in [0.15, 0.2) is 46.0 Å². The Hall–Kier alpha value is -14.1. The number of alkyl halides is 3. The molecule has 0 heterocycles. The van der Waals surface area contributed by atoms with E-state index in [1.165, 1.54) is 78.9 Å². The van der Waals surface area contributed by atoms with Crippen LogP contribution in [0, 0.1) is 109 Å². The number of hydrogen-bond acceptors (Lipinski definition) is 24. The van der Waals surface area contributed by atoms with Gasteiger partial charge < -0.3 is 40.9 Å². The molecule has 0 amide bonds. The number of rotatable bonds is 10. The molecule has 10 rings (SSSR count). The standard InChI is InChI=1S/2C12H9NO3.C7H4F3NO3.4C7H7NO3.C6H4ClNO3/c14-12-7-6-10(8-11(12)13(15)16)9-4-2-1-3-5-9;14-12-8-10(6-7-11(12)13(15)16)9-4-2-1-3-5-9;8-7(9,10)4-1-2-6(12)5(3-4)11(13)14;1-5-2-3-7(9)6(4-5)8(10)11;1-5-2-3-6(8(10)11)7(9)4-5;1-5-3-2-4-6(9)7(5)8(10)11;1-5-3-2-4-6(7(5)9)8(10)11;7-4-1-2-6(9)5(3-4)8(10)11/h2*1-8,14H;1-3,12H;4*2-4,9H,1H3;1-3,9H. The minimum atomic E-state index is -4.65. The van der Waals surface area contributed by atoms with Gasteiger partial charge in [0.2, 0.25) is 0 Å². The minimum Gasteiger partial charge on any atom is -0.502 e. The third-order valence-corrected chi connectivity index (χ3v) is 12.9. The van der Waals surface area contributed by atoms with Gasteiger partial charge in [-0.25, -0.2) is 0 Å². The highest BCUT2D eigenvalue weighted by atomic mass is 35.5. The van der Waals surface area contributed by atoms with Crippen LogP contribution in [0.25, 0.3) is 22.3 Å². The molecule has 10 aromatic carbocycles. The molecule has 0 fully saturated rings. The summed E-state index contributed by atoms with van der Waals surface area (Å²) in [5.41, 5.74) is 1.78. The van der Waals surface area contributed by atoms with Gasteiger partial charge in [-0.05, 0) is 127 Å². The predicted octanol–water partition coefficient (Wildman–Crippen LogP) is 16.6. The number of nitro benzene ring substituents is 8. The van der Waals surface area contributed by atoms with Crippen molar-refractivity contribution in [2.45, 2.75) is 33.9 Å². The number of para-hydroxylation sites is 2. The molecule has 0 radical (unpaired) electrons. The number of nitrogens with zero attached hydrogens (tertiary/aromatic N) is 8. The summed E-state index contributed by atoms with van der Waals surface area (Å²) in [6.07, 6.45) is -4.65. The van der Waals surface area contributed by atoms with E-state index < -0.39 is 62.6 Å². The molecule has 526 valence electrons. The van der Waals surface area contributed by atoms with E-state index in [1.807, 2.05) is 60.7 Å². The third kappa shape index (κ3) is 25.5. The van der Waals surface area contributed by atoms with E-state index >= 15 is 0 Å². The molecule has 101 heavy (non-hydrogen) atoms. The Morgan fingerprint density at radius 2 is 0.663 bits per heavy atom. The summed E-state index contributed by atoms with van der Waals surface area (Å²) in [4.78, 5) is 77.0. The van der Waals surface area contributed by atoms with Gasteiger partial charge in [0.05, 0.1) is 44.9 Å². The Morgan fingerprint density at radius 3 is 1.07 bits per heavy atom. The van der Waals surface area contributed by atoms with Crippen LogP contribution in [0.15, 0.2) is 206 Å². The average molecular weight is 1420 g/mol. The highest BCUT2D eigenvalue weighted by Crippen LogP contribution is 2.37. The molecule has 0 aromatic heterocycles. The summed E-state index contributed by atoms with van der Waals surface area (Å²) in [6.45, 7) is 6.68. The van der Waals surface area contributed by atoms with E-state index in [-0.39, 0.29) is 91.1 Å². The highest BCUT2D eigenvalue weighted by molar-refractivity contribution is 6.30. The van der Waals surface area contributed by atoms with Crippen molar-refractivity contribution in [3.8, 4) is 68.2 Å². The lowest BCUT2D eigenvalue weighted by atomic mass is 10.1. The maximum atomic E-state index is 12.1. The predicted molar refractivity (Wildman–Crippen MR) is 358 cm³/mol. The molecule has 36 heteroatoms. The van der Waals surface area contributed by atoms with Crippen LogP contribution in [0.3, 0.4) is 0 Å². The summed E-state index contributed by atoms with van der Waals surface area (Å²) in [5.74, 6) is -2.90. The molecule has 0 saturated heterocycles. The molecule has 0 bridgehead atoms. The number of nitro groups is 8. The Labute approximate surface area is 570 Å². The maximum absolute atomic E-state index is 12.1. The van der Waals surface area contributed by atoms with Crippen molar-refractivity contribution in [1.82, 2.24) is 0 Å². The van der Waals surface area contributed by atoms with E-state index in [4.69, 9.17) is 42.2 Å². The lowest BCUT2D eigenvalue weighted by Gasteiger charge is -2.05. The molecule has 0 saturated carbocycles. The fourth-order valence-electron chi connectivity index (χ4n) is 7.70. The lowest BCUT2D eigenvalue weighted by Crippen LogP contribution is -2.05. The molecule has 32 nitrogen and oxygen atoms in total. The summed E-state index contributed by atoms with van der Waals surface area (Å²) >= 11 is 5.45. The van der Waals surface area contributed by atoms with E-state index in [0.717, 1.165) is 33.9 Å². The summed E-state index contributed by atoms with van der Waals surface area (Å²) < 4.78 is 36.2. The zero-order valence-electron chi connectivity index (χ0n) is 52.3. The zero-order valence-corrected chi connectivity index (χ0v) is 53.1. The first kappa shape index (κ1) is 81.1. The van der Waals surface area contributed by atoms with Crippen LogP contribution in [-0.2, 0) is 6.18 Å². The van der Waals surface area contributed by atoms with E-state index in [1.54, 1.807) is 70.2 Å². The number of aromatic hydroxyl groups is 8. The quantitative estimate of drug-likeness (QED) is 0.0465. The second-order valence-corrected chi connectivity index (χ2v) is 20.3. The number of hydrogen-bond donors (Lipinski definition) is 8. The molecule has 0 unspecified atom stereocenters. The van der Waals surface area contributed by atoms with Crippen molar-refractivity contribution in [3.05, 3.63) is 320 Å². The van der Waals surface area contributed by atoms with Crippen LogP contribution >= 0.6 is 11.6 Å². The lowest BCUT2D eigenvalue weighted by molar-refractivity contribution is -0.386. The number of benzene rings is 10. The van der Waals surface area contributed by atoms with Crippen LogP contribution in [0.1, 0.15) is 27.8 Å². The number of phenols is 8. The smallest absolute Gasteiger partial charge is 0.416 e. The summed E-state index contributed by atoms with van der Waals surface area (Å²) in [5, 5.41) is 155. The zero-order chi connectivity index (χ0) is 76.2. The van der Waals surface area contributed by atoms with Gasteiger partial charge in [-0.2, -0.15) is 13.2 Å². The van der Waals surface area contributed by atoms with Gasteiger partial charge >= 0.3 is 51.7 Å². The van der Waals surface area contributed by atoms with Gasteiger partial charge in [0.1, 0.15) is 0 Å². The first-order valence-corrected chi connectivity index (χ1v) is 28.1. The van der Waals surface area contributed by atoms with Crippen LogP contribution in [0.5, 0.6) is 46.0 Å². The first-order chi connectivity index (χ1) is 47.3. The van der Waals surface area contributed by atoms with Crippen LogP contribution in [-0.4, -0.2) is 80.2 Å². The topological polar surface area (TPSA) is 507 Å². The second-order valence-electron chi connectivity index (χ2n) is 19.9. The highest BCUT2D eigenvalue weighted by Gasteiger charge is 2.33. The largest absolute Gasteiger partial charge is 0.502 e. The van der Waals surface area contributed by atoms with E-state index in [2.05, 4.69) is 0 Å². The van der Waals surface area contributed by atoms with Crippen molar-refractivity contribution < 1.29 is 93.4 Å². The van der Waals surface area contributed by atoms with Crippen molar-refractivity contribution in [1.29, 1.82) is 0 Å². The summed E-state index contributed by atoms with van der Waals surface area (Å²) in [6, 6.07) is 49.8. The van der Waals surface area contributed by atoms with Gasteiger partial charge in [-0.1, -0.05) is 115 Å². The molecule has 8 N–H and O–H groups in total. The number of halogens is 4. The van der Waals surface area contributed by atoms with Crippen molar-refractivity contribution in [2.24, 2.45) is 0 Å². The van der Waals surface area contributed by atoms with Crippen LogP contribution < -0.4 is 0 Å². The monoisotopic (exact) mass is 1420 g/mol. The molecule has 0 aliphatic carbocycles. The van der Waals surface area contributed by atoms with Crippen molar-refractivity contribution in [3.63, 3.8) is 0 Å². The number of phenolic OH excluding ortho intramolecular Hbond substituents is 8. The third-order valence-electron chi connectivity index (χ3n) is 12.7. The SMILES string of the molecule is Cc1ccc(O)c([N+](=O)[O-])c1.Cc1ccc([N+](=O)[O-])c(O)c1.Cc1cccc(O)c1[N+](=O)[O-].Cc1cccc([N+](=O)[O-])c1O.O=[N+]([O-])c1cc(-c2ccccc2)ccc1O.O=[N+]([O-])c1cc(C(F)(F)F)ccc1O.O=[N+]([O-])c1cc(Cl)ccc1O.O=[N+]([O-])c1ccc(-c2ccccc2)cc1O. The Balaban J connectivity index is 0.000000302. The van der Waals surface area contributed by atoms with Gasteiger partial charge in [-0.15, -0.1) is 0 Å².